The molecule has 4 heterocycles. The molecule has 11 heteroatoms. The van der Waals surface area contributed by atoms with Gasteiger partial charge in [-0.25, -0.2) is 4.79 Å². The zero-order valence-electron chi connectivity index (χ0n) is 24.7. The molecule has 1 aromatic carbocycles. The van der Waals surface area contributed by atoms with E-state index in [1.54, 1.807) is 25.9 Å². The van der Waals surface area contributed by atoms with Crippen LogP contribution in [0.5, 0.6) is 11.5 Å². The predicted octanol–water partition coefficient (Wildman–Crippen LogP) is 1.88. The molecular weight excluding hydrogens is 544 g/mol. The van der Waals surface area contributed by atoms with Crippen molar-refractivity contribution >= 4 is 11.9 Å². The van der Waals surface area contributed by atoms with Gasteiger partial charge >= 0.3 is 5.97 Å². The van der Waals surface area contributed by atoms with Crippen molar-refractivity contribution in [2.75, 3.05) is 53.3 Å². The van der Waals surface area contributed by atoms with Crippen LogP contribution in [0.1, 0.15) is 63.0 Å². The number of morpholine rings is 1. The average molecular weight is 587 g/mol. The van der Waals surface area contributed by atoms with E-state index < -0.39 is 29.7 Å². The summed E-state index contributed by atoms with van der Waals surface area (Å²) in [6.45, 7) is 6.90. The zero-order valence-corrected chi connectivity index (χ0v) is 24.7. The third kappa shape index (κ3) is 5.47. The van der Waals surface area contributed by atoms with Gasteiger partial charge in [0.15, 0.2) is 23.2 Å². The number of amides is 1. The summed E-state index contributed by atoms with van der Waals surface area (Å²) in [5.74, 6) is 0.558. The third-order valence-corrected chi connectivity index (χ3v) is 9.34. The SMILES string of the molecule is COC1=C2CCN3CCc4cc5c(cc4[C@H]([C@@H]1OC(=O)C(O)(CCCC(C)(C)O)CC(=O)N1CCOCC1)[C@@H]23)OCO5. The Morgan fingerprint density at radius 1 is 1.02 bits per heavy atom. The van der Waals surface area contributed by atoms with E-state index >= 15 is 0 Å². The molecule has 6 rings (SSSR count). The van der Waals surface area contributed by atoms with Crippen LogP contribution in [-0.4, -0.2) is 109 Å². The summed E-state index contributed by atoms with van der Waals surface area (Å²) in [7, 11) is 1.59. The van der Waals surface area contributed by atoms with Gasteiger partial charge in [-0.05, 0) is 74.8 Å². The van der Waals surface area contributed by atoms with Gasteiger partial charge in [-0.3, -0.25) is 9.69 Å². The molecule has 2 N–H and O–H groups in total. The Kier molecular flexibility index (Phi) is 7.88. The number of aliphatic hydroxyl groups is 2. The Labute approximate surface area is 246 Å². The van der Waals surface area contributed by atoms with E-state index in [9.17, 15) is 19.8 Å². The number of hydrogen-bond acceptors (Lipinski definition) is 10. The monoisotopic (exact) mass is 586 g/mol. The van der Waals surface area contributed by atoms with Crippen LogP contribution in [0.3, 0.4) is 0 Å². The molecule has 1 unspecified atom stereocenters. The van der Waals surface area contributed by atoms with Crippen molar-refractivity contribution in [2.24, 2.45) is 0 Å². The molecule has 0 aromatic heterocycles. The highest BCUT2D eigenvalue weighted by Gasteiger charge is 2.55. The molecule has 1 aromatic rings. The topological polar surface area (TPSA) is 127 Å². The van der Waals surface area contributed by atoms with Crippen molar-refractivity contribution in [3.05, 3.63) is 34.6 Å². The maximum atomic E-state index is 14.1. The molecular formula is C31H42N2O9. The Morgan fingerprint density at radius 2 is 1.74 bits per heavy atom. The Bertz CT molecular complexity index is 1250. The predicted molar refractivity (Wildman–Crippen MR) is 150 cm³/mol. The van der Waals surface area contributed by atoms with Crippen LogP contribution in [0.4, 0.5) is 0 Å². The lowest BCUT2D eigenvalue weighted by atomic mass is 9.86. The second-order valence-corrected chi connectivity index (χ2v) is 12.7. The molecule has 0 bridgehead atoms. The number of carbonyl (C=O) groups is 2. The molecule has 1 aliphatic carbocycles. The number of methoxy groups -OCH3 is 1. The number of esters is 1. The van der Waals surface area contributed by atoms with E-state index in [0.29, 0.717) is 56.4 Å². The summed E-state index contributed by atoms with van der Waals surface area (Å²) >= 11 is 0. The van der Waals surface area contributed by atoms with Gasteiger partial charge in [0.2, 0.25) is 12.7 Å². The molecule has 4 atom stereocenters. The fraction of sp³-hybridized carbons (Fsp3) is 0.677. The smallest absolute Gasteiger partial charge is 0.339 e. The van der Waals surface area contributed by atoms with Crippen molar-refractivity contribution in [1.82, 2.24) is 9.80 Å². The normalized spacial score (nSPS) is 26.4. The number of rotatable bonds is 9. The zero-order chi connectivity index (χ0) is 29.6. The first-order valence-corrected chi connectivity index (χ1v) is 15.0. The van der Waals surface area contributed by atoms with Crippen LogP contribution in [0, 0.1) is 0 Å². The van der Waals surface area contributed by atoms with Gasteiger partial charge in [-0.2, -0.15) is 0 Å². The minimum absolute atomic E-state index is 0.00219. The molecule has 0 spiro atoms. The quantitative estimate of drug-likeness (QED) is 0.414. The van der Waals surface area contributed by atoms with E-state index in [2.05, 4.69) is 4.90 Å². The molecule has 2 saturated heterocycles. The minimum Gasteiger partial charge on any atom is -0.497 e. The average Bonchev–Trinajstić information content (AvgIpc) is 3.62. The van der Waals surface area contributed by atoms with Gasteiger partial charge in [0.05, 0.1) is 32.3 Å². The van der Waals surface area contributed by atoms with Gasteiger partial charge in [0.1, 0.15) is 5.76 Å². The highest BCUT2D eigenvalue weighted by atomic mass is 16.7. The summed E-state index contributed by atoms with van der Waals surface area (Å²) < 4.78 is 28.9. The van der Waals surface area contributed by atoms with E-state index in [1.165, 1.54) is 0 Å². The number of carbonyl (C=O) groups excluding carboxylic acids is 2. The maximum Gasteiger partial charge on any atom is 0.339 e. The van der Waals surface area contributed by atoms with Crippen LogP contribution >= 0.6 is 0 Å². The highest BCUT2D eigenvalue weighted by molar-refractivity contribution is 5.88. The molecule has 0 radical (unpaired) electrons. The van der Waals surface area contributed by atoms with Crippen LogP contribution in [-0.2, 0) is 30.2 Å². The molecule has 42 heavy (non-hydrogen) atoms. The van der Waals surface area contributed by atoms with E-state index in [1.807, 2.05) is 12.1 Å². The largest absolute Gasteiger partial charge is 0.497 e. The standard InChI is InChI=1S/C31H42N2O9/c1-30(2,36)7-4-8-31(37,17-24(34)32-11-13-39-14-12-32)29(35)42-28-25-21-16-23-22(40-18-41-23)15-19(21)5-9-33-10-6-20(26(25)33)27(28)38-3/h15-16,25-26,28,36-37H,4-14,17-18H2,1-3H3/t25-,26+,28-,31?/m0/s1. The summed E-state index contributed by atoms with van der Waals surface area (Å²) in [5.41, 5.74) is 0.199. The first kappa shape index (κ1) is 29.2. The van der Waals surface area contributed by atoms with Crippen LogP contribution in [0.15, 0.2) is 23.5 Å². The van der Waals surface area contributed by atoms with Crippen molar-refractivity contribution in [2.45, 2.75) is 81.6 Å². The third-order valence-electron chi connectivity index (χ3n) is 9.34. The second kappa shape index (κ2) is 11.3. The fourth-order valence-corrected chi connectivity index (χ4v) is 7.22. The summed E-state index contributed by atoms with van der Waals surface area (Å²) in [4.78, 5) is 31.4. The fourth-order valence-electron chi connectivity index (χ4n) is 7.22. The summed E-state index contributed by atoms with van der Waals surface area (Å²) in [6.07, 6.45) is 1.12. The molecule has 2 fully saturated rings. The molecule has 11 nitrogen and oxygen atoms in total. The van der Waals surface area contributed by atoms with Crippen molar-refractivity contribution < 1.29 is 43.5 Å². The van der Waals surface area contributed by atoms with E-state index in [4.69, 9.17) is 23.7 Å². The van der Waals surface area contributed by atoms with Gasteiger partial charge in [-0.15, -0.1) is 0 Å². The summed E-state index contributed by atoms with van der Waals surface area (Å²) in [5, 5.41) is 22.1. The van der Waals surface area contributed by atoms with Crippen molar-refractivity contribution in [1.29, 1.82) is 0 Å². The number of fused-ring (bicyclic) bond motifs is 3. The number of ether oxygens (including phenoxy) is 5. The Morgan fingerprint density at radius 3 is 2.45 bits per heavy atom. The Balaban J connectivity index is 1.31. The number of nitrogens with zero attached hydrogens (tertiary/aromatic N) is 2. The highest BCUT2D eigenvalue weighted by Crippen LogP contribution is 2.52. The van der Waals surface area contributed by atoms with Gasteiger partial charge in [0.25, 0.3) is 0 Å². The summed E-state index contributed by atoms with van der Waals surface area (Å²) in [6, 6.07) is 4.02. The maximum absolute atomic E-state index is 14.1. The minimum atomic E-state index is -2.07. The van der Waals surface area contributed by atoms with Gasteiger partial charge in [-0.1, -0.05) is 0 Å². The Hall–Kier alpha value is -2.86. The first-order valence-electron chi connectivity index (χ1n) is 15.0. The lowest BCUT2D eigenvalue weighted by molar-refractivity contribution is -0.177. The van der Waals surface area contributed by atoms with E-state index in [-0.39, 0.29) is 31.1 Å². The first-order chi connectivity index (χ1) is 20.1. The van der Waals surface area contributed by atoms with Crippen LogP contribution < -0.4 is 9.47 Å². The number of hydrogen-bond donors (Lipinski definition) is 2. The molecule has 5 aliphatic rings. The van der Waals surface area contributed by atoms with E-state index in [0.717, 1.165) is 42.6 Å². The molecule has 0 saturated carbocycles. The lowest BCUT2D eigenvalue weighted by Crippen LogP contribution is -2.49. The van der Waals surface area contributed by atoms with Crippen molar-refractivity contribution in [3.63, 3.8) is 0 Å². The molecule has 230 valence electrons. The van der Waals surface area contributed by atoms with Gasteiger partial charge < -0.3 is 38.8 Å². The van der Waals surface area contributed by atoms with Crippen molar-refractivity contribution in [3.8, 4) is 11.5 Å². The van der Waals surface area contributed by atoms with Crippen LogP contribution in [0.25, 0.3) is 0 Å². The van der Waals surface area contributed by atoms with Crippen LogP contribution in [0.2, 0.25) is 0 Å². The second-order valence-electron chi connectivity index (χ2n) is 12.7. The number of benzene rings is 1. The molecule has 4 aliphatic heterocycles. The lowest BCUT2D eigenvalue weighted by Gasteiger charge is -2.34. The molecule has 1 amide bonds. The van der Waals surface area contributed by atoms with Gasteiger partial charge in [0, 0.05) is 38.1 Å².